The molecule has 0 radical (unpaired) electrons. The molecule has 2 aromatic carbocycles. The topological polar surface area (TPSA) is 48.0 Å². The van der Waals surface area contributed by atoms with Gasteiger partial charge in [-0.05, 0) is 68.8 Å². The molecule has 0 amide bonds. The Bertz CT molecular complexity index is 939. The molecule has 2 aliphatic rings. The summed E-state index contributed by atoms with van der Waals surface area (Å²) in [4.78, 5) is 14.7. The van der Waals surface area contributed by atoms with Gasteiger partial charge in [0.1, 0.15) is 17.3 Å². The average molecular weight is 408 g/mol. The molecule has 2 atom stereocenters. The fourth-order valence-electron chi connectivity index (χ4n) is 4.82. The molecular weight excluding hydrogens is 378 g/mol. The van der Waals surface area contributed by atoms with E-state index in [2.05, 4.69) is 43.1 Å². The van der Waals surface area contributed by atoms with Crippen molar-refractivity contribution in [3.63, 3.8) is 0 Å². The van der Waals surface area contributed by atoms with E-state index < -0.39 is 0 Å². The van der Waals surface area contributed by atoms with E-state index in [9.17, 15) is 4.79 Å². The summed E-state index contributed by atoms with van der Waals surface area (Å²) in [6, 6.07) is 16.0. The summed E-state index contributed by atoms with van der Waals surface area (Å²) < 4.78 is 16.6. The van der Waals surface area contributed by atoms with Gasteiger partial charge in [0.2, 0.25) is 0 Å². The third-order valence-electron chi connectivity index (χ3n) is 6.43. The van der Waals surface area contributed by atoms with Crippen LogP contribution in [-0.4, -0.2) is 44.2 Å². The van der Waals surface area contributed by atoms with Crippen molar-refractivity contribution in [2.75, 3.05) is 27.3 Å². The van der Waals surface area contributed by atoms with Gasteiger partial charge >= 0.3 is 5.97 Å². The van der Waals surface area contributed by atoms with Crippen LogP contribution in [0.15, 0.2) is 60.4 Å². The molecule has 0 spiro atoms. The Hall–Kier alpha value is -2.79. The van der Waals surface area contributed by atoms with E-state index in [0.29, 0.717) is 5.75 Å². The number of para-hydroxylation sites is 1. The molecule has 1 saturated heterocycles. The number of rotatable bonds is 6. The fraction of sp³-hybridized carbons (Fsp3) is 0.400. The Labute approximate surface area is 178 Å². The first-order chi connectivity index (χ1) is 14.5. The molecule has 1 heterocycles. The molecule has 5 heteroatoms. The maximum atomic E-state index is 12.3. The van der Waals surface area contributed by atoms with Crippen molar-refractivity contribution in [2.45, 2.75) is 37.6 Å². The minimum absolute atomic E-state index is 0.0439. The fourth-order valence-corrected chi connectivity index (χ4v) is 4.82. The lowest BCUT2D eigenvalue weighted by Gasteiger charge is -2.40. The molecule has 2 unspecified atom stereocenters. The Balaban J connectivity index is 1.48. The monoisotopic (exact) mass is 407 g/mol. The molecule has 1 fully saturated rings. The maximum absolute atomic E-state index is 12.3. The molecule has 0 N–H and O–H groups in total. The standard InChI is InChI=1S/C25H29NO4/c1-18-15-19(9-10-22(18)28-3)25-12-11-21(16-23(25)26(2)14-13-25)30-24(27)17-29-20-7-5-4-6-8-20/h4-10,15-16,23H,11-14,17H2,1-3H3. The van der Waals surface area contributed by atoms with Crippen molar-refractivity contribution in [3.8, 4) is 11.5 Å². The zero-order chi connectivity index (χ0) is 21.1. The van der Waals surface area contributed by atoms with E-state index in [-0.39, 0.29) is 24.0 Å². The minimum Gasteiger partial charge on any atom is -0.496 e. The molecule has 0 bridgehead atoms. The highest BCUT2D eigenvalue weighted by Crippen LogP contribution is 2.48. The second kappa shape index (κ2) is 8.52. The smallest absolute Gasteiger partial charge is 0.349 e. The number of likely N-dealkylation sites (N-methyl/N-ethyl adjacent to an activating group) is 1. The number of allylic oxidation sites excluding steroid dienone is 1. The van der Waals surface area contributed by atoms with Crippen LogP contribution in [0.25, 0.3) is 0 Å². The predicted molar refractivity (Wildman–Crippen MR) is 116 cm³/mol. The first-order valence-corrected chi connectivity index (χ1v) is 10.5. The first-order valence-electron chi connectivity index (χ1n) is 10.5. The number of carbonyl (C=O) groups is 1. The van der Waals surface area contributed by atoms with E-state index in [1.165, 1.54) is 5.56 Å². The van der Waals surface area contributed by atoms with Crippen molar-refractivity contribution in [1.29, 1.82) is 0 Å². The zero-order valence-electron chi connectivity index (χ0n) is 17.9. The van der Waals surface area contributed by atoms with Crippen LogP contribution in [0.5, 0.6) is 11.5 Å². The van der Waals surface area contributed by atoms with Crippen LogP contribution in [0.1, 0.15) is 30.4 Å². The normalized spacial score (nSPS) is 23.4. The SMILES string of the molecule is COc1ccc(C23CCC(OC(=O)COc4ccccc4)=CC2N(C)CC3)cc1C. The third-order valence-corrected chi connectivity index (χ3v) is 6.43. The zero-order valence-corrected chi connectivity index (χ0v) is 17.9. The second-order valence-corrected chi connectivity index (χ2v) is 8.22. The van der Waals surface area contributed by atoms with Gasteiger partial charge in [-0.1, -0.05) is 30.3 Å². The summed E-state index contributed by atoms with van der Waals surface area (Å²) in [6.07, 6.45) is 4.92. The maximum Gasteiger partial charge on any atom is 0.349 e. The van der Waals surface area contributed by atoms with Gasteiger partial charge < -0.3 is 14.2 Å². The number of likely N-dealkylation sites (tertiary alicyclic amines) is 1. The predicted octanol–water partition coefficient (Wildman–Crippen LogP) is 4.25. The van der Waals surface area contributed by atoms with Crippen molar-refractivity contribution in [1.82, 2.24) is 4.90 Å². The van der Waals surface area contributed by atoms with E-state index in [0.717, 1.165) is 42.9 Å². The van der Waals surface area contributed by atoms with E-state index in [4.69, 9.17) is 14.2 Å². The summed E-state index contributed by atoms with van der Waals surface area (Å²) in [7, 11) is 3.85. The summed E-state index contributed by atoms with van der Waals surface area (Å²) in [5.74, 6) is 1.96. The molecule has 2 aromatic rings. The van der Waals surface area contributed by atoms with Crippen molar-refractivity contribution in [3.05, 3.63) is 71.5 Å². The molecule has 158 valence electrons. The Morgan fingerprint density at radius 1 is 1.17 bits per heavy atom. The number of methoxy groups -OCH3 is 1. The highest BCUT2D eigenvalue weighted by molar-refractivity contribution is 5.72. The van der Waals surface area contributed by atoms with Gasteiger partial charge in [0.25, 0.3) is 0 Å². The van der Waals surface area contributed by atoms with Gasteiger partial charge in [-0.2, -0.15) is 0 Å². The van der Waals surface area contributed by atoms with Crippen molar-refractivity contribution >= 4 is 5.97 Å². The lowest BCUT2D eigenvalue weighted by molar-refractivity contribution is -0.142. The van der Waals surface area contributed by atoms with Gasteiger partial charge in [-0.25, -0.2) is 4.79 Å². The molecule has 0 aromatic heterocycles. The molecule has 0 saturated carbocycles. The molecular formula is C25H29NO4. The van der Waals surface area contributed by atoms with Crippen LogP contribution in [0.3, 0.4) is 0 Å². The number of hydrogen-bond donors (Lipinski definition) is 0. The van der Waals surface area contributed by atoms with E-state index in [1.54, 1.807) is 7.11 Å². The number of nitrogens with zero attached hydrogens (tertiary/aromatic N) is 1. The summed E-state index contributed by atoms with van der Waals surface area (Å²) in [5.41, 5.74) is 2.53. The van der Waals surface area contributed by atoms with Crippen molar-refractivity contribution < 1.29 is 19.0 Å². The number of aryl methyl sites for hydroxylation is 1. The third kappa shape index (κ3) is 3.94. The van der Waals surface area contributed by atoms with Crippen LogP contribution in [0, 0.1) is 6.92 Å². The molecule has 1 aliphatic carbocycles. The lowest BCUT2D eigenvalue weighted by Crippen LogP contribution is -2.42. The molecule has 1 aliphatic heterocycles. The van der Waals surface area contributed by atoms with E-state index >= 15 is 0 Å². The largest absolute Gasteiger partial charge is 0.496 e. The van der Waals surface area contributed by atoms with Crippen LogP contribution >= 0.6 is 0 Å². The Morgan fingerprint density at radius 3 is 2.70 bits per heavy atom. The number of carbonyl (C=O) groups excluding carboxylic acids is 1. The highest BCUT2D eigenvalue weighted by Gasteiger charge is 2.48. The molecule has 5 nitrogen and oxygen atoms in total. The molecule has 30 heavy (non-hydrogen) atoms. The van der Waals surface area contributed by atoms with Gasteiger partial charge in [0.15, 0.2) is 6.61 Å². The minimum atomic E-state index is -0.362. The number of ether oxygens (including phenoxy) is 3. The number of esters is 1. The Morgan fingerprint density at radius 2 is 1.97 bits per heavy atom. The summed E-state index contributed by atoms with van der Waals surface area (Å²) in [5, 5.41) is 0. The van der Waals surface area contributed by atoms with Gasteiger partial charge in [0, 0.05) is 17.9 Å². The first kappa shape index (κ1) is 20.5. The van der Waals surface area contributed by atoms with Crippen LogP contribution in [-0.2, 0) is 14.9 Å². The second-order valence-electron chi connectivity index (χ2n) is 8.22. The van der Waals surface area contributed by atoms with Gasteiger partial charge in [-0.3, -0.25) is 4.90 Å². The van der Waals surface area contributed by atoms with Crippen LogP contribution in [0.4, 0.5) is 0 Å². The van der Waals surface area contributed by atoms with Gasteiger partial charge in [-0.15, -0.1) is 0 Å². The highest BCUT2D eigenvalue weighted by atomic mass is 16.6. The average Bonchev–Trinajstić information content (AvgIpc) is 3.10. The number of benzene rings is 2. The van der Waals surface area contributed by atoms with E-state index in [1.807, 2.05) is 30.3 Å². The van der Waals surface area contributed by atoms with Crippen molar-refractivity contribution in [2.24, 2.45) is 0 Å². The van der Waals surface area contributed by atoms with Crippen LogP contribution in [0.2, 0.25) is 0 Å². The quantitative estimate of drug-likeness (QED) is 0.670. The number of hydrogen-bond acceptors (Lipinski definition) is 5. The Kier molecular flexibility index (Phi) is 5.82. The number of fused-ring (bicyclic) bond motifs is 1. The molecule has 4 rings (SSSR count). The summed E-state index contributed by atoms with van der Waals surface area (Å²) >= 11 is 0. The van der Waals surface area contributed by atoms with Crippen LogP contribution < -0.4 is 9.47 Å². The lowest BCUT2D eigenvalue weighted by atomic mass is 9.68. The van der Waals surface area contributed by atoms with Gasteiger partial charge in [0.05, 0.1) is 7.11 Å². The summed E-state index contributed by atoms with van der Waals surface area (Å²) in [6.45, 7) is 3.01.